The largest absolute Gasteiger partial charge is 0.404 e. The van der Waals surface area contributed by atoms with Crippen LogP contribution >= 0.6 is 0 Å². The number of hydrogen-bond donors (Lipinski definition) is 1. The number of nitrogens with zero attached hydrogens (tertiary/aromatic N) is 1. The van der Waals surface area contributed by atoms with E-state index in [2.05, 4.69) is 5.32 Å². The fourth-order valence-electron chi connectivity index (χ4n) is 3.71. The topological polar surface area (TPSA) is 32.3 Å². The van der Waals surface area contributed by atoms with Gasteiger partial charge in [-0.25, -0.2) is 0 Å². The molecule has 1 N–H and O–H groups in total. The van der Waals surface area contributed by atoms with Gasteiger partial charge in [0.15, 0.2) is 5.92 Å². The molecule has 3 nitrogen and oxygen atoms in total. The minimum atomic E-state index is -5.48. The first kappa shape index (κ1) is 18.0. The van der Waals surface area contributed by atoms with E-state index in [-0.39, 0.29) is 11.6 Å². The van der Waals surface area contributed by atoms with Crippen LogP contribution in [0, 0.1) is 11.8 Å². The van der Waals surface area contributed by atoms with Crippen molar-refractivity contribution in [1.29, 1.82) is 0 Å². The second kappa shape index (κ2) is 5.89. The number of alkyl halides is 6. The molecule has 1 amide bonds. The van der Waals surface area contributed by atoms with Gasteiger partial charge >= 0.3 is 12.4 Å². The zero-order valence-corrected chi connectivity index (χ0v) is 13.2. The molecular formula is C16H16F6N2O. The number of halogens is 6. The first-order chi connectivity index (χ1) is 11.5. The average molecular weight is 366 g/mol. The lowest BCUT2D eigenvalue weighted by Gasteiger charge is -2.24. The number of amides is 1. The van der Waals surface area contributed by atoms with E-state index in [1.165, 1.54) is 18.0 Å². The van der Waals surface area contributed by atoms with Gasteiger partial charge in [0.1, 0.15) is 0 Å². The normalized spacial score (nSPS) is 25.8. The Morgan fingerprint density at radius 2 is 1.68 bits per heavy atom. The molecule has 25 heavy (non-hydrogen) atoms. The molecule has 1 aliphatic carbocycles. The van der Waals surface area contributed by atoms with Gasteiger partial charge in [0.2, 0.25) is 0 Å². The van der Waals surface area contributed by atoms with Crippen LogP contribution in [0.4, 0.5) is 26.3 Å². The van der Waals surface area contributed by atoms with Gasteiger partial charge in [-0.1, -0.05) is 12.1 Å². The van der Waals surface area contributed by atoms with Crippen molar-refractivity contribution in [2.75, 3.05) is 20.1 Å². The molecule has 2 unspecified atom stereocenters. The number of rotatable bonds is 3. The molecule has 1 aromatic carbocycles. The summed E-state index contributed by atoms with van der Waals surface area (Å²) in [6.07, 6.45) is -11.0. The van der Waals surface area contributed by atoms with Gasteiger partial charge in [-0.3, -0.25) is 4.79 Å². The number of hydrogen-bond acceptors (Lipinski definition) is 2. The number of carbonyl (C=O) groups is 1. The molecule has 1 saturated heterocycles. The number of benzene rings is 1. The van der Waals surface area contributed by atoms with Gasteiger partial charge in [0, 0.05) is 31.7 Å². The van der Waals surface area contributed by atoms with Crippen molar-refractivity contribution < 1.29 is 31.1 Å². The van der Waals surface area contributed by atoms with Crippen molar-refractivity contribution in [3.05, 3.63) is 35.4 Å². The van der Waals surface area contributed by atoms with E-state index in [4.69, 9.17) is 0 Å². The summed E-state index contributed by atoms with van der Waals surface area (Å²) < 4.78 is 77.2. The van der Waals surface area contributed by atoms with Crippen molar-refractivity contribution >= 4 is 5.91 Å². The molecule has 0 radical (unpaired) electrons. The Balaban J connectivity index is 1.84. The third-order valence-electron chi connectivity index (χ3n) is 4.94. The van der Waals surface area contributed by atoms with Crippen LogP contribution in [0.15, 0.2) is 24.3 Å². The Labute approximate surface area is 140 Å². The highest BCUT2D eigenvalue weighted by molar-refractivity contribution is 5.94. The van der Waals surface area contributed by atoms with Gasteiger partial charge in [-0.15, -0.1) is 0 Å². The van der Waals surface area contributed by atoms with E-state index in [0.717, 1.165) is 25.2 Å². The summed E-state index contributed by atoms with van der Waals surface area (Å²) in [4.78, 5) is 13.9. The van der Waals surface area contributed by atoms with Crippen LogP contribution in [0.1, 0.15) is 21.8 Å². The summed E-state index contributed by atoms with van der Waals surface area (Å²) in [6, 6.07) is 3.72. The van der Waals surface area contributed by atoms with Gasteiger partial charge in [-0.2, -0.15) is 26.3 Å². The third-order valence-corrected chi connectivity index (χ3v) is 4.94. The molecule has 2 fully saturated rings. The monoisotopic (exact) mass is 366 g/mol. The molecule has 2 aliphatic rings. The Morgan fingerprint density at radius 3 is 2.20 bits per heavy atom. The Kier molecular flexibility index (Phi) is 4.25. The molecule has 1 aromatic rings. The van der Waals surface area contributed by atoms with Gasteiger partial charge in [0.25, 0.3) is 5.91 Å². The Bertz CT molecular complexity index is 647. The summed E-state index contributed by atoms with van der Waals surface area (Å²) in [5.74, 6) is -3.57. The molecule has 0 spiro atoms. The molecule has 1 heterocycles. The van der Waals surface area contributed by atoms with Crippen LogP contribution in [-0.2, 0) is 0 Å². The van der Waals surface area contributed by atoms with Crippen molar-refractivity contribution in [1.82, 2.24) is 10.2 Å². The van der Waals surface area contributed by atoms with E-state index < -0.39 is 29.7 Å². The number of piperidine rings is 1. The number of carbonyl (C=O) groups excluding carboxylic acids is 1. The maximum Gasteiger partial charge on any atom is 0.404 e. The summed E-state index contributed by atoms with van der Waals surface area (Å²) >= 11 is 0. The fourth-order valence-corrected chi connectivity index (χ4v) is 3.71. The quantitative estimate of drug-likeness (QED) is 0.834. The van der Waals surface area contributed by atoms with Gasteiger partial charge in [-0.05, 0) is 29.5 Å². The minimum absolute atomic E-state index is 0.0153. The van der Waals surface area contributed by atoms with Crippen LogP contribution in [0.5, 0.6) is 0 Å². The van der Waals surface area contributed by atoms with Crippen LogP contribution in [0.2, 0.25) is 0 Å². The Hall–Kier alpha value is -1.77. The zero-order chi connectivity index (χ0) is 18.6. The van der Waals surface area contributed by atoms with Gasteiger partial charge in [0.05, 0.1) is 0 Å². The summed E-state index contributed by atoms with van der Waals surface area (Å²) in [7, 11) is 1.53. The molecule has 1 aliphatic heterocycles. The SMILES string of the molecule is CN(C(=O)c1cccc(C(C(F)(F)F)C(F)(F)F)c1)C1C2CNCC21. The lowest BCUT2D eigenvalue weighted by atomic mass is 9.95. The van der Waals surface area contributed by atoms with Crippen molar-refractivity contribution in [3.63, 3.8) is 0 Å². The second-order valence-corrected chi connectivity index (χ2v) is 6.53. The molecule has 0 bridgehead atoms. The highest BCUT2D eigenvalue weighted by atomic mass is 19.4. The summed E-state index contributed by atoms with van der Waals surface area (Å²) in [5.41, 5.74) is -1.15. The fraction of sp³-hybridized carbons (Fsp3) is 0.562. The summed E-state index contributed by atoms with van der Waals surface area (Å²) in [6.45, 7) is 1.52. The van der Waals surface area contributed by atoms with Crippen molar-refractivity contribution in [2.24, 2.45) is 11.8 Å². The second-order valence-electron chi connectivity index (χ2n) is 6.53. The zero-order valence-electron chi connectivity index (χ0n) is 13.2. The molecule has 9 heteroatoms. The van der Waals surface area contributed by atoms with Crippen LogP contribution in [-0.4, -0.2) is 49.3 Å². The lowest BCUT2D eigenvalue weighted by molar-refractivity contribution is -0.253. The Morgan fingerprint density at radius 1 is 1.12 bits per heavy atom. The maximum atomic E-state index is 12.9. The highest BCUT2D eigenvalue weighted by Crippen LogP contribution is 2.47. The number of fused-ring (bicyclic) bond motifs is 1. The highest BCUT2D eigenvalue weighted by Gasteiger charge is 2.58. The smallest absolute Gasteiger partial charge is 0.338 e. The van der Waals surface area contributed by atoms with E-state index in [9.17, 15) is 31.1 Å². The number of nitrogens with one attached hydrogen (secondary N) is 1. The van der Waals surface area contributed by atoms with Crippen LogP contribution in [0.3, 0.4) is 0 Å². The summed E-state index contributed by atoms with van der Waals surface area (Å²) in [5, 5.41) is 3.15. The molecule has 138 valence electrons. The van der Waals surface area contributed by atoms with Crippen molar-refractivity contribution in [3.8, 4) is 0 Å². The molecule has 3 rings (SSSR count). The van der Waals surface area contributed by atoms with E-state index in [1.807, 2.05) is 0 Å². The van der Waals surface area contributed by atoms with Crippen molar-refractivity contribution in [2.45, 2.75) is 24.3 Å². The average Bonchev–Trinajstić information content (AvgIpc) is 2.95. The minimum Gasteiger partial charge on any atom is -0.338 e. The standard InChI is InChI=1S/C16H16F6N2O/c1-24(12-10-6-23-7-11(10)12)14(25)9-4-2-3-8(5-9)13(15(17,18)19)16(20,21)22/h2-5,10-13,23H,6-7H2,1H3. The van der Waals surface area contributed by atoms with E-state index >= 15 is 0 Å². The first-order valence-corrected chi connectivity index (χ1v) is 7.73. The van der Waals surface area contributed by atoms with Gasteiger partial charge < -0.3 is 10.2 Å². The van der Waals surface area contributed by atoms with E-state index in [1.54, 1.807) is 0 Å². The molecule has 2 atom stereocenters. The van der Waals surface area contributed by atoms with E-state index in [0.29, 0.717) is 17.9 Å². The molecular weight excluding hydrogens is 350 g/mol. The molecule has 1 saturated carbocycles. The first-order valence-electron chi connectivity index (χ1n) is 7.73. The third kappa shape index (κ3) is 3.33. The maximum absolute atomic E-state index is 12.9. The molecule has 0 aromatic heterocycles. The van der Waals surface area contributed by atoms with Crippen LogP contribution in [0.25, 0.3) is 0 Å². The predicted molar refractivity (Wildman–Crippen MR) is 77.0 cm³/mol. The lowest BCUT2D eigenvalue weighted by Crippen LogP contribution is -2.36. The van der Waals surface area contributed by atoms with Crippen LogP contribution < -0.4 is 5.32 Å². The predicted octanol–water partition coefficient (Wildman–Crippen LogP) is 3.18.